The van der Waals surface area contributed by atoms with Gasteiger partial charge in [0.15, 0.2) is 0 Å². The van der Waals surface area contributed by atoms with Crippen LogP contribution in [0.15, 0.2) is 86.5 Å². The van der Waals surface area contributed by atoms with Gasteiger partial charge in [0, 0.05) is 16.8 Å². The number of hydrogen-bond acceptors (Lipinski definition) is 6. The second-order valence-corrected chi connectivity index (χ2v) is 7.70. The largest absolute Gasteiger partial charge is 0.403 e. The molecule has 0 atom stereocenters. The average Bonchev–Trinajstić information content (AvgIpc) is 3.21. The highest BCUT2D eigenvalue weighted by Gasteiger charge is 2.23. The summed E-state index contributed by atoms with van der Waals surface area (Å²) in [5.41, 5.74) is 2.52. The van der Waals surface area contributed by atoms with E-state index in [0.717, 1.165) is 0 Å². The molecule has 0 fully saturated rings. The number of aromatic nitrogens is 2. The average molecular weight is 458 g/mol. The molecule has 33 heavy (non-hydrogen) atoms. The van der Waals surface area contributed by atoms with E-state index >= 15 is 0 Å². The topological polar surface area (TPSA) is 98.2 Å². The van der Waals surface area contributed by atoms with E-state index in [0.29, 0.717) is 49.8 Å². The fourth-order valence-corrected chi connectivity index (χ4v) is 3.73. The molecule has 0 aliphatic carbocycles. The van der Waals surface area contributed by atoms with Crippen molar-refractivity contribution in [3.05, 3.63) is 99.6 Å². The van der Waals surface area contributed by atoms with Crippen LogP contribution in [-0.2, 0) is 0 Å². The maximum atomic E-state index is 13.0. The van der Waals surface area contributed by atoms with Crippen LogP contribution in [-0.4, -0.2) is 16.0 Å². The second kappa shape index (κ2) is 8.37. The van der Waals surface area contributed by atoms with Crippen molar-refractivity contribution in [1.82, 2.24) is 10.1 Å². The molecule has 0 spiro atoms. The Morgan fingerprint density at radius 2 is 1.70 bits per heavy atom. The van der Waals surface area contributed by atoms with Crippen molar-refractivity contribution in [3.63, 3.8) is 0 Å². The smallest absolute Gasteiger partial charge is 0.347 e. The Morgan fingerprint density at radius 3 is 2.48 bits per heavy atom. The Balaban J connectivity index is 1.42. The van der Waals surface area contributed by atoms with Gasteiger partial charge in [-0.1, -0.05) is 47.1 Å². The highest BCUT2D eigenvalue weighted by molar-refractivity contribution is 6.33. The molecule has 2 heterocycles. The van der Waals surface area contributed by atoms with Crippen LogP contribution in [0.5, 0.6) is 0 Å². The second-order valence-electron chi connectivity index (χ2n) is 7.30. The Bertz CT molecular complexity index is 1550. The molecular weight excluding hydrogens is 442 g/mol. The van der Waals surface area contributed by atoms with Gasteiger partial charge in [-0.05, 0) is 49.4 Å². The summed E-state index contributed by atoms with van der Waals surface area (Å²) in [7, 11) is 0. The van der Waals surface area contributed by atoms with Crippen molar-refractivity contribution in [2.45, 2.75) is 6.92 Å². The summed E-state index contributed by atoms with van der Waals surface area (Å²) in [6.45, 7) is 1.67. The molecule has 0 aliphatic heterocycles. The Labute approximate surface area is 192 Å². The lowest BCUT2D eigenvalue weighted by Gasteiger charge is -2.08. The monoisotopic (exact) mass is 457 g/mol. The van der Waals surface area contributed by atoms with Crippen LogP contribution >= 0.6 is 11.6 Å². The number of carbonyl (C=O) groups excluding carboxylic acids is 1. The number of benzene rings is 3. The van der Waals surface area contributed by atoms with Crippen molar-refractivity contribution in [2.24, 2.45) is 0 Å². The standard InChI is InChI=1S/C25H16ClN3O4/c1-14-21(22(29-33-14)17-6-2-4-8-19(17)26)23(30)27-16-12-10-15(11-13-16)24-28-20-9-5-3-7-18(20)25(31)32-24/h2-13H,1H3,(H,27,30). The maximum Gasteiger partial charge on any atom is 0.347 e. The first kappa shape index (κ1) is 20.7. The zero-order chi connectivity index (χ0) is 22.9. The first-order valence-electron chi connectivity index (χ1n) is 10.0. The highest BCUT2D eigenvalue weighted by Crippen LogP contribution is 2.31. The Hall–Kier alpha value is -4.23. The summed E-state index contributed by atoms with van der Waals surface area (Å²) in [4.78, 5) is 29.7. The number of rotatable bonds is 4. The number of carbonyl (C=O) groups is 1. The van der Waals surface area contributed by atoms with E-state index in [-0.39, 0.29) is 11.8 Å². The van der Waals surface area contributed by atoms with Crippen molar-refractivity contribution >= 4 is 34.1 Å². The van der Waals surface area contributed by atoms with Crippen molar-refractivity contribution in [2.75, 3.05) is 5.32 Å². The first-order chi connectivity index (χ1) is 16.0. The van der Waals surface area contributed by atoms with Crippen LogP contribution in [0.1, 0.15) is 16.1 Å². The minimum Gasteiger partial charge on any atom is -0.403 e. The zero-order valence-electron chi connectivity index (χ0n) is 17.3. The normalized spacial score (nSPS) is 11.0. The van der Waals surface area contributed by atoms with Gasteiger partial charge in [0.25, 0.3) is 5.91 Å². The molecule has 162 valence electrons. The molecule has 5 aromatic rings. The van der Waals surface area contributed by atoms with Gasteiger partial charge in [0.2, 0.25) is 5.89 Å². The number of aryl methyl sites for hydroxylation is 1. The zero-order valence-corrected chi connectivity index (χ0v) is 18.1. The third kappa shape index (κ3) is 3.90. The number of para-hydroxylation sites is 1. The molecule has 0 bridgehead atoms. The summed E-state index contributed by atoms with van der Waals surface area (Å²) in [6.07, 6.45) is 0. The molecule has 0 saturated heterocycles. The summed E-state index contributed by atoms with van der Waals surface area (Å²) >= 11 is 6.28. The van der Waals surface area contributed by atoms with Gasteiger partial charge in [0.05, 0.1) is 15.9 Å². The number of anilines is 1. The van der Waals surface area contributed by atoms with Crippen LogP contribution in [0.4, 0.5) is 5.69 Å². The van der Waals surface area contributed by atoms with Gasteiger partial charge in [-0.15, -0.1) is 0 Å². The summed E-state index contributed by atoms with van der Waals surface area (Å²) < 4.78 is 10.6. The minimum atomic E-state index is -0.456. The van der Waals surface area contributed by atoms with Crippen molar-refractivity contribution < 1.29 is 13.7 Å². The van der Waals surface area contributed by atoms with E-state index in [1.807, 2.05) is 6.07 Å². The van der Waals surface area contributed by atoms with Gasteiger partial charge in [-0.3, -0.25) is 4.79 Å². The molecule has 5 rings (SSSR count). The van der Waals surface area contributed by atoms with E-state index in [1.165, 1.54) is 0 Å². The van der Waals surface area contributed by atoms with Gasteiger partial charge in [-0.25, -0.2) is 9.78 Å². The van der Waals surface area contributed by atoms with Gasteiger partial charge >= 0.3 is 5.63 Å². The maximum absolute atomic E-state index is 13.0. The van der Waals surface area contributed by atoms with Gasteiger partial charge in [-0.2, -0.15) is 0 Å². The third-order valence-electron chi connectivity index (χ3n) is 5.14. The fraction of sp³-hybridized carbons (Fsp3) is 0.0400. The van der Waals surface area contributed by atoms with Crippen LogP contribution in [0, 0.1) is 6.92 Å². The van der Waals surface area contributed by atoms with E-state index in [4.69, 9.17) is 20.5 Å². The fourth-order valence-electron chi connectivity index (χ4n) is 3.51. The molecule has 1 N–H and O–H groups in total. The molecule has 1 amide bonds. The number of halogens is 1. The van der Waals surface area contributed by atoms with Gasteiger partial charge in [0.1, 0.15) is 17.0 Å². The van der Waals surface area contributed by atoms with Crippen molar-refractivity contribution in [3.8, 4) is 22.7 Å². The molecule has 3 aromatic carbocycles. The number of fused-ring (bicyclic) bond motifs is 1. The minimum absolute atomic E-state index is 0.201. The lowest BCUT2D eigenvalue weighted by atomic mass is 10.1. The highest BCUT2D eigenvalue weighted by atomic mass is 35.5. The van der Waals surface area contributed by atoms with Crippen LogP contribution in [0.2, 0.25) is 5.02 Å². The molecule has 7 nitrogen and oxygen atoms in total. The summed E-state index contributed by atoms with van der Waals surface area (Å²) in [5, 5.41) is 7.75. The van der Waals surface area contributed by atoms with Crippen LogP contribution in [0.25, 0.3) is 33.6 Å². The lowest BCUT2D eigenvalue weighted by molar-refractivity contribution is 0.102. The summed E-state index contributed by atoms with van der Waals surface area (Å²) in [5.74, 6) is 0.195. The molecule has 0 saturated carbocycles. The lowest BCUT2D eigenvalue weighted by Crippen LogP contribution is -2.13. The predicted molar refractivity (Wildman–Crippen MR) is 125 cm³/mol. The van der Waals surface area contributed by atoms with E-state index in [9.17, 15) is 9.59 Å². The van der Waals surface area contributed by atoms with Crippen LogP contribution in [0.3, 0.4) is 0 Å². The predicted octanol–water partition coefficient (Wildman–Crippen LogP) is 5.72. The van der Waals surface area contributed by atoms with E-state index in [2.05, 4.69) is 15.5 Å². The SMILES string of the molecule is Cc1onc(-c2ccccc2Cl)c1C(=O)Nc1ccc(-c2nc3ccccc3c(=O)o2)cc1. The first-order valence-corrected chi connectivity index (χ1v) is 10.4. The molecule has 0 unspecified atom stereocenters. The quantitative estimate of drug-likeness (QED) is 0.370. The molecule has 2 aromatic heterocycles. The molecule has 0 radical (unpaired) electrons. The number of nitrogens with zero attached hydrogens (tertiary/aromatic N) is 2. The number of nitrogens with one attached hydrogen (secondary N) is 1. The van der Waals surface area contributed by atoms with Crippen LogP contribution < -0.4 is 10.9 Å². The number of hydrogen-bond donors (Lipinski definition) is 1. The van der Waals surface area contributed by atoms with Gasteiger partial charge < -0.3 is 14.3 Å². The number of amides is 1. The van der Waals surface area contributed by atoms with E-state index < -0.39 is 5.63 Å². The summed E-state index contributed by atoms with van der Waals surface area (Å²) in [6, 6.07) is 20.9. The Kier molecular flexibility index (Phi) is 5.24. The van der Waals surface area contributed by atoms with E-state index in [1.54, 1.807) is 73.7 Å². The molecule has 8 heteroatoms. The Morgan fingerprint density at radius 1 is 0.970 bits per heavy atom. The molecular formula is C25H16ClN3O4. The third-order valence-corrected chi connectivity index (χ3v) is 5.47. The molecule has 0 aliphatic rings. The van der Waals surface area contributed by atoms with Crippen molar-refractivity contribution in [1.29, 1.82) is 0 Å².